The molecule has 1 aromatic rings. The number of aromatic nitrogens is 2. The van der Waals surface area contributed by atoms with Crippen LogP contribution in [0.15, 0.2) is 0 Å². The summed E-state index contributed by atoms with van der Waals surface area (Å²) in [6, 6.07) is 0. The summed E-state index contributed by atoms with van der Waals surface area (Å²) < 4.78 is 25.7. The van der Waals surface area contributed by atoms with Gasteiger partial charge in [-0.25, -0.2) is 8.42 Å². The van der Waals surface area contributed by atoms with Crippen molar-refractivity contribution in [3.05, 3.63) is 17.0 Å². The molecule has 0 spiro atoms. The van der Waals surface area contributed by atoms with Crippen LogP contribution in [0.4, 0.5) is 0 Å². The molecule has 21 heavy (non-hydrogen) atoms. The van der Waals surface area contributed by atoms with E-state index in [2.05, 4.69) is 5.10 Å². The van der Waals surface area contributed by atoms with Gasteiger partial charge in [-0.1, -0.05) is 20.8 Å². The average molecular weight is 316 g/mol. The van der Waals surface area contributed by atoms with Crippen molar-refractivity contribution < 1.29 is 13.5 Å². The lowest BCUT2D eigenvalue weighted by atomic mass is 10.0. The van der Waals surface area contributed by atoms with Crippen LogP contribution in [-0.2, 0) is 29.2 Å². The minimum absolute atomic E-state index is 0.0875. The molecule has 0 radical (unpaired) electrons. The van der Waals surface area contributed by atoms with Crippen molar-refractivity contribution in [1.82, 2.24) is 9.78 Å². The minimum atomic E-state index is -3.08. The van der Waals surface area contributed by atoms with Crippen LogP contribution in [0.1, 0.15) is 64.1 Å². The molecule has 122 valence electrons. The number of nitrogens with zero attached hydrogens (tertiary/aromatic N) is 2. The summed E-state index contributed by atoms with van der Waals surface area (Å²) in [5.74, 6) is 0.0875. The Morgan fingerprint density at radius 1 is 1.19 bits per heavy atom. The van der Waals surface area contributed by atoms with Crippen molar-refractivity contribution in [2.75, 3.05) is 5.75 Å². The minimum Gasteiger partial charge on any atom is -0.388 e. The third-order valence-electron chi connectivity index (χ3n) is 3.87. The molecule has 0 saturated carbocycles. The maximum Gasteiger partial charge on any atom is 0.154 e. The lowest BCUT2D eigenvalue weighted by Crippen LogP contribution is -2.22. The average Bonchev–Trinajstić information content (AvgIpc) is 2.81. The maximum absolute atomic E-state index is 12.0. The van der Waals surface area contributed by atoms with Crippen LogP contribution >= 0.6 is 0 Å². The van der Waals surface area contributed by atoms with Crippen molar-refractivity contribution in [3.8, 4) is 0 Å². The van der Waals surface area contributed by atoms with E-state index in [4.69, 9.17) is 0 Å². The van der Waals surface area contributed by atoms with Gasteiger partial charge in [0.1, 0.15) is 0 Å². The highest BCUT2D eigenvalue weighted by molar-refractivity contribution is 7.91. The quantitative estimate of drug-likeness (QED) is 0.798. The van der Waals surface area contributed by atoms with E-state index in [1.54, 1.807) is 18.5 Å². The highest BCUT2D eigenvalue weighted by Gasteiger charge is 2.22. The van der Waals surface area contributed by atoms with Gasteiger partial charge in [-0.3, -0.25) is 4.68 Å². The molecular formula is C15H28N2O3S. The predicted molar refractivity (Wildman–Crippen MR) is 85.2 cm³/mol. The lowest BCUT2D eigenvalue weighted by Gasteiger charge is -2.12. The molecule has 0 aliphatic heterocycles. The molecule has 0 fully saturated rings. The van der Waals surface area contributed by atoms with E-state index < -0.39 is 15.9 Å². The standard InChI is InChI=1S/C15H28N2O3S/c1-6-12-15(14(18)8-3)13(7-2)17(16-12)9-10-21(19,20)11(4)5/h11,14,18H,6-10H2,1-5H3. The van der Waals surface area contributed by atoms with E-state index in [9.17, 15) is 13.5 Å². The van der Waals surface area contributed by atoms with Crippen LogP contribution in [0.2, 0.25) is 0 Å². The molecule has 0 bridgehead atoms. The number of hydrogen-bond donors (Lipinski definition) is 1. The number of aliphatic hydroxyl groups excluding tert-OH is 1. The maximum atomic E-state index is 12.0. The predicted octanol–water partition coefficient (Wildman–Crippen LogP) is 2.27. The molecule has 0 aliphatic carbocycles. The van der Waals surface area contributed by atoms with E-state index in [0.29, 0.717) is 13.0 Å². The van der Waals surface area contributed by atoms with Crippen LogP contribution in [0, 0.1) is 0 Å². The topological polar surface area (TPSA) is 72.2 Å². The van der Waals surface area contributed by atoms with Crippen molar-refractivity contribution in [2.45, 2.75) is 71.8 Å². The van der Waals surface area contributed by atoms with E-state index in [1.165, 1.54) is 0 Å². The molecule has 1 atom stereocenters. The van der Waals surface area contributed by atoms with Gasteiger partial charge in [-0.05, 0) is 33.1 Å². The third-order valence-corrected chi connectivity index (χ3v) is 6.06. The first-order valence-corrected chi connectivity index (χ1v) is 9.47. The molecule has 0 aliphatic rings. The van der Waals surface area contributed by atoms with Gasteiger partial charge in [-0.2, -0.15) is 5.10 Å². The molecule has 0 amide bonds. The first kappa shape index (κ1) is 18.2. The second-order valence-corrected chi connectivity index (χ2v) is 8.25. The SMILES string of the molecule is CCc1nn(CCS(=O)(=O)C(C)C)c(CC)c1C(O)CC. The zero-order valence-electron chi connectivity index (χ0n) is 13.8. The highest BCUT2D eigenvalue weighted by Crippen LogP contribution is 2.26. The Labute approximate surface area is 128 Å². The van der Waals surface area contributed by atoms with Crippen LogP contribution in [0.3, 0.4) is 0 Å². The molecular weight excluding hydrogens is 288 g/mol. The van der Waals surface area contributed by atoms with Crippen molar-refractivity contribution in [1.29, 1.82) is 0 Å². The van der Waals surface area contributed by atoms with Crippen molar-refractivity contribution >= 4 is 9.84 Å². The summed E-state index contributed by atoms with van der Waals surface area (Å²) in [5.41, 5.74) is 2.73. The number of sulfone groups is 1. The highest BCUT2D eigenvalue weighted by atomic mass is 32.2. The molecule has 1 unspecified atom stereocenters. The Kier molecular flexibility index (Phi) is 6.41. The summed E-state index contributed by atoms with van der Waals surface area (Å²) in [7, 11) is -3.08. The lowest BCUT2D eigenvalue weighted by molar-refractivity contribution is 0.171. The van der Waals surface area contributed by atoms with Gasteiger partial charge in [0.15, 0.2) is 9.84 Å². The Balaban J connectivity index is 3.11. The van der Waals surface area contributed by atoms with E-state index in [-0.39, 0.29) is 11.0 Å². The normalized spacial score (nSPS) is 13.9. The second kappa shape index (κ2) is 7.40. The van der Waals surface area contributed by atoms with E-state index >= 15 is 0 Å². The van der Waals surface area contributed by atoms with Crippen molar-refractivity contribution in [2.24, 2.45) is 0 Å². The number of rotatable bonds is 8. The van der Waals surface area contributed by atoms with Crippen molar-refractivity contribution in [3.63, 3.8) is 0 Å². The Morgan fingerprint density at radius 3 is 2.24 bits per heavy atom. The molecule has 0 aromatic carbocycles. The Hall–Kier alpha value is -0.880. The number of hydrogen-bond acceptors (Lipinski definition) is 4. The largest absolute Gasteiger partial charge is 0.388 e. The molecule has 1 heterocycles. The number of aliphatic hydroxyl groups is 1. The van der Waals surface area contributed by atoms with Gasteiger partial charge in [0.25, 0.3) is 0 Å². The first-order valence-electron chi connectivity index (χ1n) is 7.76. The molecule has 6 heteroatoms. The van der Waals surface area contributed by atoms with Gasteiger partial charge in [0, 0.05) is 11.3 Å². The van der Waals surface area contributed by atoms with Crippen LogP contribution in [0.5, 0.6) is 0 Å². The Bertz CT molecular complexity index is 562. The Morgan fingerprint density at radius 2 is 1.81 bits per heavy atom. The van der Waals surface area contributed by atoms with Gasteiger partial charge >= 0.3 is 0 Å². The zero-order chi connectivity index (χ0) is 16.2. The fourth-order valence-corrected chi connectivity index (χ4v) is 3.32. The third kappa shape index (κ3) is 4.07. The van der Waals surface area contributed by atoms with Gasteiger partial charge in [0.2, 0.25) is 0 Å². The molecule has 1 rings (SSSR count). The smallest absolute Gasteiger partial charge is 0.154 e. The zero-order valence-corrected chi connectivity index (χ0v) is 14.6. The van der Waals surface area contributed by atoms with Gasteiger partial charge in [0.05, 0.1) is 29.3 Å². The van der Waals surface area contributed by atoms with Crippen LogP contribution in [0.25, 0.3) is 0 Å². The van der Waals surface area contributed by atoms with Gasteiger partial charge in [-0.15, -0.1) is 0 Å². The van der Waals surface area contributed by atoms with E-state index in [1.807, 2.05) is 20.8 Å². The second-order valence-electron chi connectivity index (χ2n) is 5.58. The fraction of sp³-hybridized carbons (Fsp3) is 0.800. The first-order chi connectivity index (χ1) is 9.78. The summed E-state index contributed by atoms with van der Waals surface area (Å²) in [5, 5.41) is 14.4. The summed E-state index contributed by atoms with van der Waals surface area (Å²) >= 11 is 0. The molecule has 1 N–H and O–H groups in total. The molecule has 0 saturated heterocycles. The van der Waals surface area contributed by atoms with Crippen LogP contribution < -0.4 is 0 Å². The van der Waals surface area contributed by atoms with Crippen LogP contribution in [-0.4, -0.2) is 34.3 Å². The monoisotopic (exact) mass is 316 g/mol. The van der Waals surface area contributed by atoms with Gasteiger partial charge < -0.3 is 5.11 Å². The summed E-state index contributed by atoms with van der Waals surface area (Å²) in [6.07, 6.45) is 1.59. The fourth-order valence-electron chi connectivity index (χ4n) is 2.42. The summed E-state index contributed by atoms with van der Waals surface area (Å²) in [6.45, 7) is 9.70. The number of aryl methyl sites for hydroxylation is 2. The summed E-state index contributed by atoms with van der Waals surface area (Å²) in [4.78, 5) is 0. The molecule has 1 aromatic heterocycles. The van der Waals surface area contributed by atoms with E-state index in [0.717, 1.165) is 29.8 Å². The molecule has 5 nitrogen and oxygen atoms in total.